The molecule has 0 amide bonds. The van der Waals surface area contributed by atoms with Gasteiger partial charge in [-0.3, -0.25) is 4.90 Å². The normalized spacial score (nSPS) is 27.4. The third kappa shape index (κ3) is 0.752. The molecule has 1 fully saturated rings. The Morgan fingerprint density at radius 3 is 2.12 bits per heavy atom. The predicted octanol–water partition coefficient (Wildman–Crippen LogP) is 1.49. The molecule has 1 nitrogen and oxygen atoms in total. The summed E-state index contributed by atoms with van der Waals surface area (Å²) in [6, 6.07) is 0. The van der Waals surface area contributed by atoms with Gasteiger partial charge < -0.3 is 0 Å². The lowest BCUT2D eigenvalue weighted by atomic mass is 9.89. The zero-order chi connectivity index (χ0) is 6.20. The van der Waals surface area contributed by atoms with E-state index in [0.717, 1.165) is 0 Å². The highest BCUT2D eigenvalue weighted by atomic mass is 15.2. The molecule has 1 aliphatic rings. The first-order valence-corrected chi connectivity index (χ1v) is 3.42. The third-order valence-corrected chi connectivity index (χ3v) is 2.23. The maximum atomic E-state index is 2.49. The van der Waals surface area contributed by atoms with Crippen LogP contribution in [0.3, 0.4) is 0 Å². The molecule has 0 aromatic heterocycles. The van der Waals surface area contributed by atoms with Crippen LogP contribution in [0.1, 0.15) is 27.2 Å². The smallest absolute Gasteiger partial charge is 0.0165 e. The quantitative estimate of drug-likeness (QED) is 0.498. The minimum atomic E-state index is 0.523. The van der Waals surface area contributed by atoms with E-state index in [1.807, 2.05) is 0 Å². The Morgan fingerprint density at radius 2 is 2.12 bits per heavy atom. The molecule has 0 aliphatic carbocycles. The van der Waals surface area contributed by atoms with Crippen molar-refractivity contribution >= 4 is 0 Å². The summed E-state index contributed by atoms with van der Waals surface area (Å²) in [6.07, 6.45) is 1.38. The van der Waals surface area contributed by atoms with Crippen LogP contribution in [0.25, 0.3) is 0 Å². The summed E-state index contributed by atoms with van der Waals surface area (Å²) < 4.78 is 0. The van der Waals surface area contributed by atoms with E-state index in [1.54, 1.807) is 0 Å². The maximum Gasteiger partial charge on any atom is 0.0165 e. The Hall–Kier alpha value is -0.0400. The van der Waals surface area contributed by atoms with Crippen LogP contribution in [-0.2, 0) is 0 Å². The molecule has 0 aromatic rings. The van der Waals surface area contributed by atoms with Crippen molar-refractivity contribution in [2.45, 2.75) is 32.7 Å². The molecule has 0 atom stereocenters. The van der Waals surface area contributed by atoms with Gasteiger partial charge in [-0.05, 0) is 26.8 Å². The molecule has 0 spiro atoms. The topological polar surface area (TPSA) is 3.24 Å². The van der Waals surface area contributed by atoms with E-state index in [2.05, 4.69) is 25.7 Å². The highest BCUT2D eigenvalue weighted by Crippen LogP contribution is 2.28. The lowest BCUT2D eigenvalue weighted by Crippen LogP contribution is -2.55. The van der Waals surface area contributed by atoms with E-state index in [4.69, 9.17) is 0 Å². The summed E-state index contributed by atoms with van der Waals surface area (Å²) in [7, 11) is 0. The van der Waals surface area contributed by atoms with Crippen molar-refractivity contribution in [2.75, 3.05) is 13.1 Å². The molecule has 48 valence electrons. The highest BCUT2D eigenvalue weighted by molar-refractivity contribution is 4.90. The molecule has 8 heavy (non-hydrogen) atoms. The second kappa shape index (κ2) is 1.73. The summed E-state index contributed by atoms with van der Waals surface area (Å²) in [4.78, 5) is 2.49. The SMILES string of the molecule is CCN1CCC1(C)C. The van der Waals surface area contributed by atoms with Gasteiger partial charge in [0.2, 0.25) is 0 Å². The highest BCUT2D eigenvalue weighted by Gasteiger charge is 2.33. The number of nitrogens with zero attached hydrogens (tertiary/aromatic N) is 1. The predicted molar refractivity (Wildman–Crippen MR) is 35.9 cm³/mol. The molecule has 0 saturated carbocycles. The Morgan fingerprint density at radius 1 is 1.50 bits per heavy atom. The first-order chi connectivity index (χ1) is 3.67. The molecule has 1 heteroatoms. The van der Waals surface area contributed by atoms with Crippen molar-refractivity contribution in [3.63, 3.8) is 0 Å². The number of likely N-dealkylation sites (tertiary alicyclic amines) is 1. The van der Waals surface area contributed by atoms with E-state index < -0.39 is 0 Å². The van der Waals surface area contributed by atoms with E-state index >= 15 is 0 Å². The zero-order valence-electron chi connectivity index (χ0n) is 6.07. The molecule has 1 aliphatic heterocycles. The summed E-state index contributed by atoms with van der Waals surface area (Å²) in [5.41, 5.74) is 0.523. The molecule has 0 N–H and O–H groups in total. The lowest BCUT2D eigenvalue weighted by Gasteiger charge is -2.48. The summed E-state index contributed by atoms with van der Waals surface area (Å²) in [5.74, 6) is 0. The monoisotopic (exact) mass is 113 g/mol. The molecule has 0 bridgehead atoms. The fourth-order valence-corrected chi connectivity index (χ4v) is 1.30. The van der Waals surface area contributed by atoms with Gasteiger partial charge in [0, 0.05) is 12.1 Å². The molecule has 1 rings (SSSR count). The van der Waals surface area contributed by atoms with Gasteiger partial charge >= 0.3 is 0 Å². The zero-order valence-corrected chi connectivity index (χ0v) is 6.07. The van der Waals surface area contributed by atoms with Gasteiger partial charge in [-0.2, -0.15) is 0 Å². The van der Waals surface area contributed by atoms with Crippen LogP contribution >= 0.6 is 0 Å². The van der Waals surface area contributed by atoms with Crippen molar-refractivity contribution in [2.24, 2.45) is 0 Å². The molecule has 0 aromatic carbocycles. The van der Waals surface area contributed by atoms with Gasteiger partial charge in [0.05, 0.1) is 0 Å². The molecule has 0 radical (unpaired) electrons. The fraction of sp³-hybridized carbons (Fsp3) is 1.00. The maximum absolute atomic E-state index is 2.49. The minimum Gasteiger partial charge on any atom is -0.298 e. The van der Waals surface area contributed by atoms with Crippen LogP contribution in [0.2, 0.25) is 0 Å². The van der Waals surface area contributed by atoms with Crippen molar-refractivity contribution in [3.05, 3.63) is 0 Å². The minimum absolute atomic E-state index is 0.523. The molecular weight excluding hydrogens is 98.1 g/mol. The number of hydrogen-bond donors (Lipinski definition) is 0. The van der Waals surface area contributed by atoms with Crippen molar-refractivity contribution in [1.82, 2.24) is 4.90 Å². The van der Waals surface area contributed by atoms with Gasteiger partial charge in [-0.1, -0.05) is 6.92 Å². The van der Waals surface area contributed by atoms with Gasteiger partial charge in [0.1, 0.15) is 0 Å². The fourth-order valence-electron chi connectivity index (χ4n) is 1.30. The van der Waals surface area contributed by atoms with Crippen LogP contribution < -0.4 is 0 Å². The van der Waals surface area contributed by atoms with Crippen molar-refractivity contribution in [1.29, 1.82) is 0 Å². The Balaban J connectivity index is 2.37. The largest absolute Gasteiger partial charge is 0.298 e. The molecule has 1 saturated heterocycles. The Bertz CT molecular complexity index is 84.4. The van der Waals surface area contributed by atoms with Crippen LogP contribution in [0.15, 0.2) is 0 Å². The summed E-state index contributed by atoms with van der Waals surface area (Å²) in [5, 5.41) is 0. The summed E-state index contributed by atoms with van der Waals surface area (Å²) in [6.45, 7) is 9.36. The first kappa shape index (κ1) is 6.09. The molecule has 1 heterocycles. The average Bonchev–Trinajstić information content (AvgIpc) is 1.66. The van der Waals surface area contributed by atoms with Crippen molar-refractivity contribution < 1.29 is 0 Å². The number of rotatable bonds is 1. The first-order valence-electron chi connectivity index (χ1n) is 3.42. The number of hydrogen-bond acceptors (Lipinski definition) is 1. The van der Waals surface area contributed by atoms with Crippen LogP contribution in [0.5, 0.6) is 0 Å². The lowest BCUT2D eigenvalue weighted by molar-refractivity contribution is 0.0218. The second-order valence-corrected chi connectivity index (χ2v) is 3.14. The van der Waals surface area contributed by atoms with E-state index in [9.17, 15) is 0 Å². The van der Waals surface area contributed by atoms with Crippen LogP contribution in [0.4, 0.5) is 0 Å². The third-order valence-electron chi connectivity index (χ3n) is 2.23. The van der Waals surface area contributed by atoms with E-state index in [0.29, 0.717) is 5.54 Å². The van der Waals surface area contributed by atoms with Crippen LogP contribution in [0, 0.1) is 0 Å². The molecule has 0 unspecified atom stereocenters. The van der Waals surface area contributed by atoms with Gasteiger partial charge in [-0.25, -0.2) is 0 Å². The van der Waals surface area contributed by atoms with Crippen molar-refractivity contribution in [3.8, 4) is 0 Å². The Kier molecular flexibility index (Phi) is 1.31. The van der Waals surface area contributed by atoms with Crippen LogP contribution in [-0.4, -0.2) is 23.5 Å². The molecular formula is C7H15N. The second-order valence-electron chi connectivity index (χ2n) is 3.14. The van der Waals surface area contributed by atoms with E-state index in [-0.39, 0.29) is 0 Å². The van der Waals surface area contributed by atoms with E-state index in [1.165, 1.54) is 19.5 Å². The Labute approximate surface area is 51.7 Å². The van der Waals surface area contributed by atoms with Gasteiger partial charge in [0.25, 0.3) is 0 Å². The standard InChI is InChI=1S/C7H15N/c1-4-8-6-5-7(8,2)3/h4-6H2,1-3H3. The average molecular weight is 113 g/mol. The van der Waals surface area contributed by atoms with Gasteiger partial charge in [0.15, 0.2) is 0 Å². The van der Waals surface area contributed by atoms with Gasteiger partial charge in [-0.15, -0.1) is 0 Å². The summed E-state index contributed by atoms with van der Waals surface area (Å²) >= 11 is 0.